The summed E-state index contributed by atoms with van der Waals surface area (Å²) in [5.41, 5.74) is 6.56. The van der Waals surface area contributed by atoms with Gasteiger partial charge in [-0.3, -0.25) is 4.57 Å². The van der Waals surface area contributed by atoms with E-state index in [0.29, 0.717) is 11.1 Å². The molecule has 0 aromatic carbocycles. The summed E-state index contributed by atoms with van der Waals surface area (Å²) in [6.07, 6.45) is -2.38. The van der Waals surface area contributed by atoms with Crippen molar-refractivity contribution < 1.29 is 17.6 Å². The van der Waals surface area contributed by atoms with E-state index in [1.807, 2.05) is 0 Å². The highest BCUT2D eigenvalue weighted by atomic mass is 19.3. The Bertz CT molecular complexity index is 579. The van der Waals surface area contributed by atoms with Gasteiger partial charge in [-0.25, -0.2) is 18.7 Å². The van der Waals surface area contributed by atoms with Crippen molar-refractivity contribution in [2.45, 2.75) is 25.8 Å². The molecule has 4 nitrogen and oxygen atoms in total. The van der Waals surface area contributed by atoms with E-state index in [1.54, 1.807) is 13.0 Å². The van der Waals surface area contributed by atoms with Gasteiger partial charge in [0.1, 0.15) is 5.52 Å². The van der Waals surface area contributed by atoms with Crippen LogP contribution in [0, 0.1) is 6.92 Å². The highest BCUT2D eigenvalue weighted by Crippen LogP contribution is 2.28. The standard InChI is InChI=1S/C10H10F4N4/c1-5-2-3-16-7-6(5)17-9(15)18(7)4-10(13,14)8(11)12/h2-3,8H,4H2,1H3,(H2,15,17). The number of nitrogens with two attached hydrogens (primary N) is 1. The topological polar surface area (TPSA) is 56.7 Å². The molecule has 0 bridgehead atoms. The molecule has 8 heteroatoms. The van der Waals surface area contributed by atoms with Crippen molar-refractivity contribution in [3.05, 3.63) is 17.8 Å². The van der Waals surface area contributed by atoms with Gasteiger partial charge in [0.15, 0.2) is 5.65 Å². The zero-order chi connectivity index (χ0) is 13.5. The fraction of sp³-hybridized carbons (Fsp3) is 0.400. The Morgan fingerprint density at radius 1 is 1.44 bits per heavy atom. The summed E-state index contributed by atoms with van der Waals surface area (Å²) in [5, 5.41) is 0. The molecule has 0 unspecified atom stereocenters. The van der Waals surface area contributed by atoms with Crippen LogP contribution < -0.4 is 5.73 Å². The fourth-order valence-electron chi connectivity index (χ4n) is 1.59. The van der Waals surface area contributed by atoms with Crippen molar-refractivity contribution in [1.82, 2.24) is 14.5 Å². The van der Waals surface area contributed by atoms with Crippen LogP contribution in [-0.2, 0) is 6.54 Å². The van der Waals surface area contributed by atoms with Gasteiger partial charge in [0.2, 0.25) is 5.95 Å². The van der Waals surface area contributed by atoms with E-state index < -0.39 is 18.9 Å². The minimum Gasteiger partial charge on any atom is -0.369 e. The largest absolute Gasteiger partial charge is 0.369 e. The Balaban J connectivity index is 2.52. The Morgan fingerprint density at radius 2 is 2.11 bits per heavy atom. The Hall–Kier alpha value is -1.86. The number of rotatable bonds is 3. The SMILES string of the molecule is Cc1ccnc2c1nc(N)n2CC(F)(F)C(F)F. The van der Waals surface area contributed by atoms with Gasteiger partial charge in [0.05, 0.1) is 6.54 Å². The predicted octanol–water partition coefficient (Wildman–Crippen LogP) is 2.22. The Kier molecular flexibility index (Phi) is 2.88. The van der Waals surface area contributed by atoms with E-state index in [4.69, 9.17) is 5.73 Å². The minimum absolute atomic E-state index is 0.0767. The molecule has 2 N–H and O–H groups in total. The summed E-state index contributed by atoms with van der Waals surface area (Å²) in [5.74, 6) is -4.43. The summed E-state index contributed by atoms with van der Waals surface area (Å²) < 4.78 is 51.2. The molecule has 0 saturated carbocycles. The molecule has 2 aromatic rings. The van der Waals surface area contributed by atoms with Gasteiger partial charge in [-0.05, 0) is 18.6 Å². The zero-order valence-corrected chi connectivity index (χ0v) is 9.37. The van der Waals surface area contributed by atoms with Crippen LogP contribution in [-0.4, -0.2) is 26.9 Å². The molecule has 2 rings (SSSR count). The summed E-state index contributed by atoms with van der Waals surface area (Å²) in [7, 11) is 0. The van der Waals surface area contributed by atoms with Crippen molar-refractivity contribution in [2.24, 2.45) is 0 Å². The van der Waals surface area contributed by atoms with Crippen molar-refractivity contribution in [3.63, 3.8) is 0 Å². The molecule has 0 aliphatic carbocycles. The van der Waals surface area contributed by atoms with Crippen molar-refractivity contribution in [2.75, 3.05) is 5.73 Å². The van der Waals surface area contributed by atoms with Crippen LogP contribution in [0.2, 0.25) is 0 Å². The quantitative estimate of drug-likeness (QED) is 0.863. The van der Waals surface area contributed by atoms with Crippen LogP contribution in [0.25, 0.3) is 11.2 Å². The van der Waals surface area contributed by atoms with E-state index in [2.05, 4.69) is 9.97 Å². The summed E-state index contributed by atoms with van der Waals surface area (Å²) in [6.45, 7) is 0.454. The number of halogens is 4. The zero-order valence-electron chi connectivity index (χ0n) is 9.37. The van der Waals surface area contributed by atoms with E-state index >= 15 is 0 Å². The van der Waals surface area contributed by atoms with Gasteiger partial charge < -0.3 is 5.73 Å². The van der Waals surface area contributed by atoms with Crippen LogP contribution in [0.3, 0.4) is 0 Å². The number of anilines is 1. The van der Waals surface area contributed by atoms with Crippen LogP contribution >= 0.6 is 0 Å². The number of aromatic nitrogens is 3. The molecule has 98 valence electrons. The first-order valence-corrected chi connectivity index (χ1v) is 5.06. The van der Waals surface area contributed by atoms with Crippen molar-refractivity contribution in [1.29, 1.82) is 0 Å². The van der Waals surface area contributed by atoms with E-state index in [0.717, 1.165) is 4.57 Å². The molecule has 0 saturated heterocycles. The Morgan fingerprint density at radius 3 is 2.72 bits per heavy atom. The lowest BCUT2D eigenvalue weighted by Crippen LogP contribution is -2.32. The maximum Gasteiger partial charge on any atom is 0.325 e. The Labute approximate surface area is 99.4 Å². The molecule has 0 spiro atoms. The van der Waals surface area contributed by atoms with Crippen molar-refractivity contribution >= 4 is 17.1 Å². The first kappa shape index (κ1) is 12.6. The molecule has 2 aromatic heterocycles. The van der Waals surface area contributed by atoms with E-state index in [-0.39, 0.29) is 11.6 Å². The van der Waals surface area contributed by atoms with Crippen LogP contribution in [0.15, 0.2) is 12.3 Å². The monoisotopic (exact) mass is 262 g/mol. The second-order valence-corrected chi connectivity index (χ2v) is 3.92. The lowest BCUT2D eigenvalue weighted by Gasteiger charge is -2.16. The third-order valence-corrected chi connectivity index (χ3v) is 2.55. The van der Waals surface area contributed by atoms with Gasteiger partial charge >= 0.3 is 12.3 Å². The highest BCUT2D eigenvalue weighted by molar-refractivity contribution is 5.77. The summed E-state index contributed by atoms with van der Waals surface area (Å²) in [4.78, 5) is 7.70. The number of nitrogen functional groups attached to an aromatic ring is 1. The first-order valence-electron chi connectivity index (χ1n) is 5.06. The predicted molar refractivity (Wildman–Crippen MR) is 57.6 cm³/mol. The highest BCUT2D eigenvalue weighted by Gasteiger charge is 2.42. The minimum atomic E-state index is -4.17. The molecular formula is C10H10F4N4. The molecule has 0 aliphatic heterocycles. The summed E-state index contributed by atoms with van der Waals surface area (Å²) in [6, 6.07) is 1.63. The van der Waals surface area contributed by atoms with Gasteiger partial charge in [-0.1, -0.05) is 0 Å². The van der Waals surface area contributed by atoms with Crippen molar-refractivity contribution in [3.8, 4) is 0 Å². The molecule has 0 fully saturated rings. The number of aryl methyl sites for hydroxylation is 1. The molecule has 0 aliphatic rings. The van der Waals surface area contributed by atoms with Gasteiger partial charge in [0.25, 0.3) is 0 Å². The second-order valence-electron chi connectivity index (χ2n) is 3.92. The average Bonchev–Trinajstić information content (AvgIpc) is 2.57. The third kappa shape index (κ3) is 1.98. The lowest BCUT2D eigenvalue weighted by atomic mass is 10.3. The first-order chi connectivity index (χ1) is 8.33. The van der Waals surface area contributed by atoms with Gasteiger partial charge in [-0.2, -0.15) is 8.78 Å². The van der Waals surface area contributed by atoms with E-state index in [9.17, 15) is 17.6 Å². The van der Waals surface area contributed by atoms with Gasteiger partial charge in [-0.15, -0.1) is 0 Å². The molecule has 2 heterocycles. The number of alkyl halides is 4. The summed E-state index contributed by atoms with van der Waals surface area (Å²) >= 11 is 0. The number of imidazole rings is 1. The van der Waals surface area contributed by atoms with E-state index in [1.165, 1.54) is 6.20 Å². The normalized spacial score (nSPS) is 12.6. The van der Waals surface area contributed by atoms with Gasteiger partial charge in [0, 0.05) is 6.20 Å². The third-order valence-electron chi connectivity index (χ3n) is 2.55. The molecule has 0 atom stereocenters. The second kappa shape index (κ2) is 4.11. The number of pyridine rings is 1. The van der Waals surface area contributed by atoms with Crippen LogP contribution in [0.1, 0.15) is 5.56 Å². The average molecular weight is 262 g/mol. The maximum absolute atomic E-state index is 13.0. The van der Waals surface area contributed by atoms with Crippen LogP contribution in [0.4, 0.5) is 23.5 Å². The number of hydrogen-bond donors (Lipinski definition) is 1. The molecular weight excluding hydrogens is 252 g/mol. The molecule has 0 radical (unpaired) electrons. The number of fused-ring (bicyclic) bond motifs is 1. The maximum atomic E-state index is 13.0. The smallest absolute Gasteiger partial charge is 0.325 e. The lowest BCUT2D eigenvalue weighted by molar-refractivity contribution is -0.137. The fourth-order valence-corrected chi connectivity index (χ4v) is 1.59. The molecule has 18 heavy (non-hydrogen) atoms. The molecule has 0 amide bonds. The number of nitrogens with zero attached hydrogens (tertiary/aromatic N) is 3. The number of hydrogen-bond acceptors (Lipinski definition) is 3. The van der Waals surface area contributed by atoms with Crippen LogP contribution in [0.5, 0.6) is 0 Å².